The molecule has 160 valence electrons. The lowest BCUT2D eigenvalue weighted by atomic mass is 10.0. The maximum absolute atomic E-state index is 13.2. The summed E-state index contributed by atoms with van der Waals surface area (Å²) in [5.41, 5.74) is 8.33. The maximum atomic E-state index is 13.2. The number of carbonyl (C=O) groups is 3. The van der Waals surface area contributed by atoms with Crippen LogP contribution in [0.3, 0.4) is 0 Å². The van der Waals surface area contributed by atoms with E-state index in [1.165, 1.54) is 4.90 Å². The van der Waals surface area contributed by atoms with Crippen molar-refractivity contribution in [3.05, 3.63) is 34.9 Å². The number of piperidine rings is 1. The molecule has 1 aromatic carbocycles. The minimum atomic E-state index is -3.17. The molecule has 0 bridgehead atoms. The Morgan fingerprint density at radius 2 is 1.97 bits per heavy atom. The zero-order valence-corrected chi connectivity index (χ0v) is 17.2. The van der Waals surface area contributed by atoms with Crippen LogP contribution in [-0.2, 0) is 32.5 Å². The number of nitrogens with zero attached hydrogens (tertiary/aromatic N) is 2. The minimum absolute atomic E-state index is 0.0519. The molecule has 1 aromatic rings. The monoisotopic (exact) mass is 432 g/mol. The molecule has 0 radical (unpaired) electrons. The van der Waals surface area contributed by atoms with Crippen LogP contribution in [0.2, 0.25) is 0 Å². The number of amides is 3. The van der Waals surface area contributed by atoms with Crippen molar-refractivity contribution in [2.75, 3.05) is 18.8 Å². The van der Waals surface area contributed by atoms with Gasteiger partial charge in [0.25, 0.3) is 5.91 Å². The lowest BCUT2D eigenvalue weighted by molar-refractivity contribution is -0.136. The van der Waals surface area contributed by atoms with Crippen molar-refractivity contribution in [2.24, 2.45) is 11.7 Å². The number of nitrogens with one attached hydrogen (secondary N) is 1. The average Bonchev–Trinajstić information content (AvgIpc) is 3.30. The largest absolute Gasteiger partial charge is 0.326 e. The smallest absolute Gasteiger partial charge is 0.255 e. The van der Waals surface area contributed by atoms with Crippen molar-refractivity contribution in [3.8, 4) is 0 Å². The fourth-order valence-corrected chi connectivity index (χ4v) is 7.67. The third kappa shape index (κ3) is 3.05. The van der Waals surface area contributed by atoms with Crippen LogP contribution < -0.4 is 11.1 Å². The summed E-state index contributed by atoms with van der Waals surface area (Å²) in [6.07, 6.45) is 0.541. The van der Waals surface area contributed by atoms with E-state index in [9.17, 15) is 22.8 Å². The van der Waals surface area contributed by atoms with Gasteiger partial charge in [-0.15, -0.1) is 0 Å². The molecule has 0 aromatic heterocycles. The standard InChI is InChI=1S/C20H24N4O5S/c21-14-10-30(28,29)16-9-23(8-13(14)16)6-11-2-1-3-12-7-24(20(27)18(11)12)15-4-5-17(25)22-19(15)26/h1-3,13-16H,4-10,21H2,(H,22,25,26)/t13-,14+,15?,16-/m0/s1. The highest BCUT2D eigenvalue weighted by Crippen LogP contribution is 2.35. The molecule has 4 aliphatic heterocycles. The van der Waals surface area contributed by atoms with Crippen molar-refractivity contribution in [1.82, 2.24) is 15.1 Å². The number of fused-ring (bicyclic) bond motifs is 2. The molecule has 3 fully saturated rings. The highest BCUT2D eigenvalue weighted by Gasteiger charge is 2.50. The first-order valence-corrected chi connectivity index (χ1v) is 11.9. The number of hydrogen-bond acceptors (Lipinski definition) is 7. The number of benzene rings is 1. The summed E-state index contributed by atoms with van der Waals surface area (Å²) in [6.45, 7) is 1.82. The van der Waals surface area contributed by atoms with Gasteiger partial charge in [0.2, 0.25) is 11.8 Å². The number of hydrogen-bond donors (Lipinski definition) is 2. The number of likely N-dealkylation sites (tertiary alicyclic amines) is 1. The molecule has 3 saturated heterocycles. The van der Waals surface area contributed by atoms with E-state index in [1.54, 1.807) is 0 Å². The van der Waals surface area contributed by atoms with Gasteiger partial charge in [0.1, 0.15) is 6.04 Å². The van der Waals surface area contributed by atoms with Crippen LogP contribution in [-0.4, -0.2) is 72.1 Å². The van der Waals surface area contributed by atoms with Crippen molar-refractivity contribution in [1.29, 1.82) is 0 Å². The van der Waals surface area contributed by atoms with Crippen LogP contribution in [0.1, 0.15) is 34.3 Å². The molecule has 3 N–H and O–H groups in total. The zero-order valence-electron chi connectivity index (χ0n) is 16.4. The predicted octanol–water partition coefficient (Wildman–Crippen LogP) is -0.996. The van der Waals surface area contributed by atoms with Crippen LogP contribution in [0.5, 0.6) is 0 Å². The second-order valence-corrected chi connectivity index (χ2v) is 11.0. The van der Waals surface area contributed by atoms with Gasteiger partial charge >= 0.3 is 0 Å². The van der Waals surface area contributed by atoms with E-state index in [4.69, 9.17) is 5.73 Å². The topological polar surface area (TPSA) is 130 Å². The molecule has 5 rings (SSSR count). The first-order chi connectivity index (χ1) is 14.2. The molecule has 4 atom stereocenters. The van der Waals surface area contributed by atoms with Gasteiger partial charge in [0.05, 0.1) is 11.0 Å². The summed E-state index contributed by atoms with van der Waals surface area (Å²) in [7, 11) is -3.17. The van der Waals surface area contributed by atoms with E-state index < -0.39 is 27.0 Å². The Hall–Kier alpha value is -2.30. The lowest BCUT2D eigenvalue weighted by Gasteiger charge is -2.29. The van der Waals surface area contributed by atoms with Gasteiger partial charge in [-0.3, -0.25) is 24.6 Å². The molecule has 4 aliphatic rings. The van der Waals surface area contributed by atoms with E-state index in [0.29, 0.717) is 38.2 Å². The Morgan fingerprint density at radius 1 is 1.17 bits per heavy atom. The number of sulfone groups is 1. The Labute approximate surface area is 174 Å². The van der Waals surface area contributed by atoms with Crippen LogP contribution >= 0.6 is 0 Å². The normalized spacial score (nSPS) is 33.0. The van der Waals surface area contributed by atoms with E-state index >= 15 is 0 Å². The fourth-order valence-electron chi connectivity index (χ4n) is 5.38. The van der Waals surface area contributed by atoms with Gasteiger partial charge in [0, 0.05) is 50.1 Å². The van der Waals surface area contributed by atoms with Gasteiger partial charge in [-0.2, -0.15) is 0 Å². The van der Waals surface area contributed by atoms with Crippen molar-refractivity contribution in [3.63, 3.8) is 0 Å². The molecule has 0 aliphatic carbocycles. The molecule has 4 heterocycles. The number of imide groups is 1. The third-order valence-corrected chi connectivity index (χ3v) is 9.12. The number of rotatable bonds is 3. The first kappa shape index (κ1) is 19.7. The molecule has 0 spiro atoms. The quantitative estimate of drug-likeness (QED) is 0.586. The number of nitrogens with two attached hydrogens (primary N) is 1. The lowest BCUT2D eigenvalue weighted by Crippen LogP contribution is -2.52. The summed E-state index contributed by atoms with van der Waals surface area (Å²) >= 11 is 0. The molecule has 9 nitrogen and oxygen atoms in total. The predicted molar refractivity (Wildman–Crippen MR) is 107 cm³/mol. The van der Waals surface area contributed by atoms with Gasteiger partial charge in [-0.25, -0.2) is 8.42 Å². The molecule has 1 unspecified atom stereocenters. The van der Waals surface area contributed by atoms with Crippen molar-refractivity contribution >= 4 is 27.6 Å². The summed E-state index contributed by atoms with van der Waals surface area (Å²) in [6, 6.07) is 4.66. The molecular formula is C20H24N4O5S. The average molecular weight is 433 g/mol. The van der Waals surface area contributed by atoms with E-state index in [2.05, 4.69) is 10.2 Å². The Morgan fingerprint density at radius 3 is 2.70 bits per heavy atom. The van der Waals surface area contributed by atoms with Gasteiger partial charge in [-0.05, 0) is 17.5 Å². The van der Waals surface area contributed by atoms with E-state index in [1.807, 2.05) is 18.2 Å². The van der Waals surface area contributed by atoms with Crippen LogP contribution in [0.4, 0.5) is 0 Å². The highest BCUT2D eigenvalue weighted by atomic mass is 32.2. The van der Waals surface area contributed by atoms with Gasteiger partial charge < -0.3 is 10.6 Å². The van der Waals surface area contributed by atoms with Crippen molar-refractivity contribution < 1.29 is 22.8 Å². The highest BCUT2D eigenvalue weighted by molar-refractivity contribution is 7.92. The number of carbonyl (C=O) groups excluding carboxylic acids is 3. The minimum Gasteiger partial charge on any atom is -0.326 e. The SMILES string of the molecule is N[C@@H]1CS(=O)(=O)[C@H]2CN(Cc3cccc4c3C(=O)N(C3CCC(=O)NC3=O)C4)C[C@@H]12. The van der Waals surface area contributed by atoms with Crippen LogP contribution in [0, 0.1) is 5.92 Å². The fraction of sp³-hybridized carbons (Fsp3) is 0.550. The first-order valence-electron chi connectivity index (χ1n) is 10.2. The molecule has 10 heteroatoms. The molecule has 0 saturated carbocycles. The Kier molecular flexibility index (Phi) is 4.49. The molecule has 30 heavy (non-hydrogen) atoms. The van der Waals surface area contributed by atoms with E-state index in [0.717, 1.165) is 11.1 Å². The van der Waals surface area contributed by atoms with Gasteiger partial charge in [0.15, 0.2) is 9.84 Å². The molecular weight excluding hydrogens is 408 g/mol. The summed E-state index contributed by atoms with van der Waals surface area (Å²) in [5, 5.41) is 1.88. The van der Waals surface area contributed by atoms with Crippen molar-refractivity contribution in [2.45, 2.75) is 43.3 Å². The summed E-state index contributed by atoms with van der Waals surface area (Å²) < 4.78 is 24.7. The summed E-state index contributed by atoms with van der Waals surface area (Å²) in [4.78, 5) is 40.5. The Balaban J connectivity index is 1.36. The summed E-state index contributed by atoms with van der Waals surface area (Å²) in [5.74, 6) is -0.966. The molecule has 3 amide bonds. The van der Waals surface area contributed by atoms with Crippen LogP contribution in [0.25, 0.3) is 0 Å². The van der Waals surface area contributed by atoms with Crippen LogP contribution in [0.15, 0.2) is 18.2 Å². The second-order valence-electron chi connectivity index (χ2n) is 8.74. The van der Waals surface area contributed by atoms with E-state index in [-0.39, 0.29) is 35.9 Å². The second kappa shape index (κ2) is 6.86. The maximum Gasteiger partial charge on any atom is 0.255 e. The van der Waals surface area contributed by atoms with Gasteiger partial charge in [-0.1, -0.05) is 18.2 Å². The Bertz CT molecular complexity index is 1060. The third-order valence-electron chi connectivity index (χ3n) is 6.85. The zero-order chi connectivity index (χ0) is 21.2.